The quantitative estimate of drug-likeness (QED) is 0.166. The van der Waals surface area contributed by atoms with Gasteiger partial charge in [0.25, 0.3) is 0 Å². The fourth-order valence-electron chi connectivity index (χ4n) is 11.4. The number of hydrogen-bond donors (Lipinski definition) is 0. The number of anilines is 3. The van der Waals surface area contributed by atoms with Gasteiger partial charge in [0.2, 0.25) is 6.71 Å². The molecule has 4 aliphatic rings. The molecule has 0 amide bonds. The fourth-order valence-corrected chi connectivity index (χ4v) is 16.5. The summed E-state index contributed by atoms with van der Waals surface area (Å²) >= 11 is 0. The van der Waals surface area contributed by atoms with Crippen LogP contribution in [-0.4, -0.2) is 14.8 Å². The van der Waals surface area contributed by atoms with E-state index in [1.807, 2.05) is 0 Å². The second-order valence-electron chi connectivity index (χ2n) is 17.1. The van der Waals surface area contributed by atoms with E-state index in [0.717, 1.165) is 0 Å². The maximum Gasteiger partial charge on any atom is 0.247 e. The van der Waals surface area contributed by atoms with Crippen LogP contribution in [0.15, 0.2) is 188 Å². The summed E-state index contributed by atoms with van der Waals surface area (Å²) in [6.07, 6.45) is 0. The van der Waals surface area contributed by atoms with Crippen molar-refractivity contribution in [2.24, 2.45) is 0 Å². The van der Waals surface area contributed by atoms with Crippen molar-refractivity contribution in [3.8, 4) is 11.1 Å². The third-order valence-corrected chi connectivity index (χ3v) is 18.4. The first-order valence-electron chi connectivity index (χ1n) is 20.1. The summed E-state index contributed by atoms with van der Waals surface area (Å²) in [4.78, 5) is 2.70. The molecule has 3 aliphatic heterocycles. The largest absolute Gasteiger partial charge is 0.312 e. The van der Waals surface area contributed by atoms with Crippen LogP contribution in [0.2, 0.25) is 0 Å². The summed E-state index contributed by atoms with van der Waals surface area (Å²) in [6, 6.07) is 72.6. The number of nitrogens with zero attached hydrogens (tertiary/aromatic N) is 1. The lowest BCUT2D eigenvalue weighted by atomic mass is 9.29. The van der Waals surface area contributed by atoms with Gasteiger partial charge in [-0.1, -0.05) is 202 Å². The van der Waals surface area contributed by atoms with E-state index in [4.69, 9.17) is 0 Å². The highest BCUT2D eigenvalue weighted by Crippen LogP contribution is 2.58. The Balaban J connectivity index is 1.28. The van der Waals surface area contributed by atoms with Crippen molar-refractivity contribution < 1.29 is 0 Å². The molecule has 56 heavy (non-hydrogen) atoms. The van der Waals surface area contributed by atoms with Crippen molar-refractivity contribution in [2.45, 2.75) is 31.6 Å². The van der Waals surface area contributed by atoms with Crippen LogP contribution in [0.3, 0.4) is 0 Å². The van der Waals surface area contributed by atoms with Gasteiger partial charge >= 0.3 is 0 Å². The predicted molar refractivity (Wildman–Crippen MR) is 239 cm³/mol. The lowest BCUT2D eigenvalue weighted by Crippen LogP contribution is -2.79. The highest BCUT2D eigenvalue weighted by molar-refractivity contribution is 7.22. The lowest BCUT2D eigenvalue weighted by Gasteiger charge is -2.52. The van der Waals surface area contributed by atoms with Crippen LogP contribution in [0, 0.1) is 0 Å². The highest BCUT2D eigenvalue weighted by Gasteiger charge is 2.58. The Labute approximate surface area is 331 Å². The van der Waals surface area contributed by atoms with Crippen molar-refractivity contribution in [2.75, 3.05) is 4.90 Å². The molecule has 12 rings (SSSR count). The summed E-state index contributed by atoms with van der Waals surface area (Å²) in [5.41, 5.74) is 17.4. The number of benzene rings is 8. The minimum atomic E-state index is -2.80. The van der Waals surface area contributed by atoms with E-state index < -0.39 is 13.5 Å². The Kier molecular flexibility index (Phi) is 6.43. The van der Waals surface area contributed by atoms with Gasteiger partial charge in [-0.2, -0.15) is 0 Å². The van der Waals surface area contributed by atoms with Gasteiger partial charge < -0.3 is 4.90 Å². The summed E-state index contributed by atoms with van der Waals surface area (Å²) in [5.74, 6) is 0. The molecule has 0 aromatic heterocycles. The van der Waals surface area contributed by atoms with Crippen LogP contribution in [0.4, 0.5) is 17.1 Å². The zero-order valence-electron chi connectivity index (χ0n) is 31.9. The van der Waals surface area contributed by atoms with E-state index in [9.17, 15) is 0 Å². The van der Waals surface area contributed by atoms with Crippen LogP contribution in [-0.2, 0) is 10.8 Å². The van der Waals surface area contributed by atoms with Gasteiger partial charge in [-0.3, -0.25) is 0 Å². The summed E-state index contributed by atoms with van der Waals surface area (Å²) in [7, 11) is -2.80. The Morgan fingerprint density at radius 3 is 1.66 bits per heavy atom. The molecule has 0 saturated heterocycles. The Hall–Kier alpha value is -6.16. The van der Waals surface area contributed by atoms with Gasteiger partial charge in [-0.25, -0.2) is 0 Å². The van der Waals surface area contributed by atoms with Crippen LogP contribution in [0.25, 0.3) is 11.1 Å². The average molecular weight is 730 g/mol. The standard InChI is InChI=1S/C53H40BNSi/c1-52(2,3)35-33-43-50-47(34-35)55-46-30-16-17-31-48(46)56(36-19-6-4-7-20-36,37-21-8-5-9-22-37)49-32-18-29-45(51(49)55)54(50)44-28-15-14-27-42(44)53(43)40-25-12-10-23-38(40)39-24-11-13-26-41(39)53/h4-34H,1-3H3. The monoisotopic (exact) mass is 729 g/mol. The third kappa shape index (κ3) is 3.82. The van der Waals surface area contributed by atoms with E-state index in [-0.39, 0.29) is 12.1 Å². The molecule has 8 aromatic carbocycles. The maximum absolute atomic E-state index is 2.80. The zero-order chi connectivity index (χ0) is 37.4. The summed E-state index contributed by atoms with van der Waals surface area (Å²) in [6.45, 7) is 7.22. The van der Waals surface area contributed by atoms with Crippen LogP contribution >= 0.6 is 0 Å². The second kappa shape index (κ2) is 11.2. The molecule has 0 atom stereocenters. The first kappa shape index (κ1) is 32.1. The normalized spacial score (nSPS) is 15.6. The Bertz CT molecular complexity index is 2840. The minimum Gasteiger partial charge on any atom is -0.312 e. The molecule has 1 aliphatic carbocycles. The van der Waals surface area contributed by atoms with E-state index in [0.29, 0.717) is 0 Å². The van der Waals surface area contributed by atoms with Gasteiger partial charge in [0.1, 0.15) is 0 Å². The lowest BCUT2D eigenvalue weighted by molar-refractivity contribution is 0.588. The molecule has 0 fully saturated rings. The third-order valence-electron chi connectivity index (χ3n) is 13.6. The number of fused-ring (bicyclic) bond motifs is 13. The number of hydrogen-bond acceptors (Lipinski definition) is 1. The Morgan fingerprint density at radius 2 is 1.00 bits per heavy atom. The molecule has 0 saturated carbocycles. The minimum absolute atomic E-state index is 0.0745. The van der Waals surface area contributed by atoms with E-state index in [1.165, 1.54) is 93.1 Å². The average Bonchev–Trinajstić information content (AvgIpc) is 3.54. The summed E-state index contributed by atoms with van der Waals surface area (Å²) < 4.78 is 0. The molecular weight excluding hydrogens is 689 g/mol. The van der Waals surface area contributed by atoms with Crippen molar-refractivity contribution in [1.29, 1.82) is 0 Å². The molecule has 0 N–H and O–H groups in total. The van der Waals surface area contributed by atoms with Gasteiger partial charge in [-0.15, -0.1) is 0 Å². The number of para-hydroxylation sites is 2. The summed E-state index contributed by atoms with van der Waals surface area (Å²) in [5, 5.41) is 5.75. The van der Waals surface area contributed by atoms with Crippen LogP contribution in [0.1, 0.15) is 48.6 Å². The van der Waals surface area contributed by atoms with E-state index in [1.54, 1.807) is 0 Å². The maximum atomic E-state index is 2.70. The van der Waals surface area contributed by atoms with E-state index in [2.05, 4.69) is 214 Å². The van der Waals surface area contributed by atoms with Crippen molar-refractivity contribution >= 4 is 69.0 Å². The van der Waals surface area contributed by atoms with Gasteiger partial charge in [0.05, 0.1) is 5.41 Å². The van der Waals surface area contributed by atoms with Crippen molar-refractivity contribution in [3.05, 3.63) is 216 Å². The molecule has 3 heteroatoms. The topological polar surface area (TPSA) is 3.24 Å². The smallest absolute Gasteiger partial charge is 0.247 e. The molecule has 0 radical (unpaired) electrons. The molecule has 8 aromatic rings. The molecule has 1 nitrogen and oxygen atoms in total. The molecule has 1 spiro atoms. The molecule has 0 unspecified atom stereocenters. The van der Waals surface area contributed by atoms with Gasteiger partial charge in [0.15, 0.2) is 8.07 Å². The van der Waals surface area contributed by atoms with Crippen molar-refractivity contribution in [1.82, 2.24) is 0 Å². The number of rotatable bonds is 2. The van der Waals surface area contributed by atoms with E-state index >= 15 is 0 Å². The predicted octanol–water partition coefficient (Wildman–Crippen LogP) is 7.65. The first-order chi connectivity index (χ1) is 27.4. The van der Waals surface area contributed by atoms with Gasteiger partial charge in [-0.05, 0) is 88.2 Å². The molecule has 3 heterocycles. The SMILES string of the molecule is CC(C)(C)c1cc2c3c(c1)C1(c4ccccc4B3c3cccc4c3N2c2ccccc2[Si]4(c2ccccc2)c2ccccc2)c2ccccc2-c2ccccc21. The zero-order valence-corrected chi connectivity index (χ0v) is 32.9. The second-order valence-corrected chi connectivity index (χ2v) is 20.9. The highest BCUT2D eigenvalue weighted by atomic mass is 28.3. The van der Waals surface area contributed by atoms with Crippen LogP contribution < -0.4 is 42.0 Å². The van der Waals surface area contributed by atoms with Crippen molar-refractivity contribution in [3.63, 3.8) is 0 Å². The molecular formula is C53H40BNSi. The fraction of sp³-hybridized carbons (Fsp3) is 0.0943. The molecule has 0 bridgehead atoms. The molecule has 264 valence electrons. The van der Waals surface area contributed by atoms with Crippen LogP contribution in [0.5, 0.6) is 0 Å². The first-order valence-corrected chi connectivity index (χ1v) is 22.1. The Morgan fingerprint density at radius 1 is 0.464 bits per heavy atom. The van der Waals surface area contributed by atoms with Gasteiger partial charge in [0, 0.05) is 17.1 Å².